The van der Waals surface area contributed by atoms with Crippen LogP contribution in [0.2, 0.25) is 0 Å². The van der Waals surface area contributed by atoms with Crippen LogP contribution in [-0.2, 0) is 17.8 Å². The third-order valence-electron chi connectivity index (χ3n) is 2.70. The minimum Gasteiger partial charge on any atom is -0.313 e. The first kappa shape index (κ1) is 12.8. The number of amides is 1. The van der Waals surface area contributed by atoms with Gasteiger partial charge in [0.05, 0.1) is 5.56 Å². The molecule has 2 rings (SSSR count). The maximum Gasteiger partial charge on any atom is 0.248 e. The molecule has 0 atom stereocenters. The quantitative estimate of drug-likeness (QED) is 0.802. The van der Waals surface area contributed by atoms with Gasteiger partial charge in [0.25, 0.3) is 0 Å². The van der Waals surface area contributed by atoms with Gasteiger partial charge in [0.1, 0.15) is 11.1 Å². The Labute approximate surface area is 110 Å². The van der Waals surface area contributed by atoms with E-state index in [1.807, 2.05) is 13.8 Å². The molecule has 0 aromatic carbocycles. The first-order chi connectivity index (χ1) is 8.61. The highest BCUT2D eigenvalue weighted by Crippen LogP contribution is 2.34. The second-order valence-corrected chi connectivity index (χ2v) is 5.56. The molecule has 1 aromatic heterocycles. The van der Waals surface area contributed by atoms with E-state index in [1.54, 1.807) is 0 Å². The number of fused-ring (bicyclic) bond motifs is 1. The lowest BCUT2D eigenvalue weighted by Crippen LogP contribution is -2.22. The number of nitriles is 1. The predicted octanol–water partition coefficient (Wildman–Crippen LogP) is 2.17. The number of anilines is 1. The molecule has 1 aliphatic rings. The van der Waals surface area contributed by atoms with Crippen LogP contribution in [0.15, 0.2) is 11.6 Å². The molecule has 5 heteroatoms. The number of thiophene rings is 1. The van der Waals surface area contributed by atoms with Gasteiger partial charge in [-0.2, -0.15) is 5.26 Å². The average Bonchev–Trinajstić information content (AvgIpc) is 2.64. The summed E-state index contributed by atoms with van der Waals surface area (Å²) < 4.78 is 0. The second-order valence-electron chi connectivity index (χ2n) is 4.46. The summed E-state index contributed by atoms with van der Waals surface area (Å²) in [6.45, 7) is 5.41. The van der Waals surface area contributed by atoms with E-state index in [-0.39, 0.29) is 5.91 Å². The summed E-state index contributed by atoms with van der Waals surface area (Å²) in [6.07, 6.45) is 2.39. The number of nitrogens with zero attached hydrogens (tertiary/aromatic N) is 1. The van der Waals surface area contributed by atoms with Crippen LogP contribution >= 0.6 is 11.3 Å². The maximum atomic E-state index is 11.7. The maximum absolute atomic E-state index is 11.7. The molecule has 0 spiro atoms. The molecule has 18 heavy (non-hydrogen) atoms. The van der Waals surface area contributed by atoms with Crippen molar-refractivity contribution in [1.29, 1.82) is 5.26 Å². The molecular formula is C13H15N3OS. The van der Waals surface area contributed by atoms with Crippen molar-refractivity contribution < 1.29 is 4.79 Å². The van der Waals surface area contributed by atoms with E-state index in [0.717, 1.165) is 35.5 Å². The summed E-state index contributed by atoms with van der Waals surface area (Å²) in [5.41, 5.74) is 2.66. The Kier molecular flexibility index (Phi) is 3.80. The third-order valence-corrected chi connectivity index (χ3v) is 3.84. The zero-order chi connectivity index (χ0) is 13.1. The van der Waals surface area contributed by atoms with Gasteiger partial charge in [0, 0.05) is 17.5 Å². The number of rotatable bonds is 2. The summed E-state index contributed by atoms with van der Waals surface area (Å²) >= 11 is 1.50. The number of carbonyl (C=O) groups excluding carboxylic acids is 1. The van der Waals surface area contributed by atoms with Crippen molar-refractivity contribution in [2.75, 3.05) is 11.9 Å². The molecule has 1 amide bonds. The molecule has 1 aromatic rings. The fraction of sp³-hybridized carbons (Fsp3) is 0.385. The minimum absolute atomic E-state index is 0.168. The number of carbonyl (C=O) groups is 1. The molecule has 0 fully saturated rings. The zero-order valence-corrected chi connectivity index (χ0v) is 11.3. The molecule has 2 N–H and O–H groups in total. The van der Waals surface area contributed by atoms with E-state index in [9.17, 15) is 10.1 Å². The van der Waals surface area contributed by atoms with E-state index in [2.05, 4.69) is 16.7 Å². The molecule has 0 saturated heterocycles. The molecular weight excluding hydrogens is 246 g/mol. The van der Waals surface area contributed by atoms with Crippen LogP contribution in [-0.4, -0.2) is 12.5 Å². The highest BCUT2D eigenvalue weighted by Gasteiger charge is 2.21. The normalized spacial score (nSPS) is 13.4. The number of hydrogen-bond donors (Lipinski definition) is 2. The van der Waals surface area contributed by atoms with Crippen LogP contribution in [0.3, 0.4) is 0 Å². The minimum atomic E-state index is -0.168. The predicted molar refractivity (Wildman–Crippen MR) is 72.5 cm³/mol. The van der Waals surface area contributed by atoms with Crippen LogP contribution in [0.25, 0.3) is 0 Å². The first-order valence-electron chi connectivity index (χ1n) is 5.83. The van der Waals surface area contributed by atoms with Gasteiger partial charge in [-0.15, -0.1) is 11.3 Å². The topological polar surface area (TPSA) is 64.9 Å². The summed E-state index contributed by atoms with van der Waals surface area (Å²) in [6, 6.07) is 2.21. The van der Waals surface area contributed by atoms with Crippen LogP contribution in [0.1, 0.15) is 29.9 Å². The zero-order valence-electron chi connectivity index (χ0n) is 10.5. The number of hydrogen-bond acceptors (Lipinski definition) is 4. The smallest absolute Gasteiger partial charge is 0.248 e. The van der Waals surface area contributed by atoms with Crippen LogP contribution < -0.4 is 10.6 Å². The Morgan fingerprint density at radius 3 is 3.00 bits per heavy atom. The lowest BCUT2D eigenvalue weighted by Gasteiger charge is -2.11. The molecule has 94 valence electrons. The van der Waals surface area contributed by atoms with Crippen molar-refractivity contribution in [1.82, 2.24) is 5.32 Å². The fourth-order valence-electron chi connectivity index (χ4n) is 1.95. The van der Waals surface area contributed by atoms with Gasteiger partial charge < -0.3 is 10.6 Å². The Morgan fingerprint density at radius 1 is 1.56 bits per heavy atom. The van der Waals surface area contributed by atoms with Crippen molar-refractivity contribution in [2.24, 2.45) is 0 Å². The number of nitrogens with one attached hydrogen (secondary N) is 2. The summed E-state index contributed by atoms with van der Waals surface area (Å²) in [7, 11) is 0. The van der Waals surface area contributed by atoms with Crippen molar-refractivity contribution in [3.05, 3.63) is 27.7 Å². The SMILES string of the molecule is CC(C)=CC(=O)Nc1sc2c(c1C#N)CCNC2. The van der Waals surface area contributed by atoms with E-state index in [4.69, 9.17) is 0 Å². The molecule has 0 aliphatic carbocycles. The Morgan fingerprint density at radius 2 is 2.33 bits per heavy atom. The molecule has 0 radical (unpaired) electrons. The van der Waals surface area contributed by atoms with Gasteiger partial charge in [-0.25, -0.2) is 0 Å². The van der Waals surface area contributed by atoms with Gasteiger partial charge >= 0.3 is 0 Å². The van der Waals surface area contributed by atoms with Gasteiger partial charge in [0.2, 0.25) is 5.91 Å². The van der Waals surface area contributed by atoms with Crippen molar-refractivity contribution >= 4 is 22.2 Å². The molecule has 0 bridgehead atoms. The van der Waals surface area contributed by atoms with Crippen molar-refractivity contribution in [3.8, 4) is 6.07 Å². The standard InChI is InChI=1S/C13H15N3OS/c1-8(2)5-12(17)16-13-10(6-14)9-3-4-15-7-11(9)18-13/h5,15H,3-4,7H2,1-2H3,(H,16,17). The molecule has 1 aliphatic heterocycles. The van der Waals surface area contributed by atoms with E-state index < -0.39 is 0 Å². The van der Waals surface area contributed by atoms with Gasteiger partial charge in [0.15, 0.2) is 0 Å². The van der Waals surface area contributed by atoms with Gasteiger partial charge in [-0.05, 0) is 32.4 Å². The van der Waals surface area contributed by atoms with E-state index >= 15 is 0 Å². The summed E-state index contributed by atoms with van der Waals surface area (Å²) in [5.74, 6) is -0.168. The molecule has 0 unspecified atom stereocenters. The molecule has 0 saturated carbocycles. The number of allylic oxidation sites excluding steroid dienone is 1. The lowest BCUT2D eigenvalue weighted by atomic mass is 10.1. The average molecular weight is 261 g/mol. The Balaban J connectivity index is 2.29. The second kappa shape index (κ2) is 5.34. The molecule has 4 nitrogen and oxygen atoms in total. The molecule has 2 heterocycles. The van der Waals surface area contributed by atoms with Gasteiger partial charge in [-0.1, -0.05) is 5.57 Å². The van der Waals surface area contributed by atoms with Crippen LogP contribution in [0.4, 0.5) is 5.00 Å². The van der Waals surface area contributed by atoms with E-state index in [0.29, 0.717) is 10.6 Å². The monoisotopic (exact) mass is 261 g/mol. The third kappa shape index (κ3) is 2.61. The van der Waals surface area contributed by atoms with E-state index in [1.165, 1.54) is 17.4 Å². The summed E-state index contributed by atoms with van der Waals surface area (Å²) in [4.78, 5) is 12.9. The highest BCUT2D eigenvalue weighted by molar-refractivity contribution is 7.16. The Bertz CT molecular complexity index is 547. The lowest BCUT2D eigenvalue weighted by molar-refractivity contribution is -0.111. The van der Waals surface area contributed by atoms with Crippen LogP contribution in [0.5, 0.6) is 0 Å². The Hall–Kier alpha value is -1.64. The van der Waals surface area contributed by atoms with Crippen molar-refractivity contribution in [2.45, 2.75) is 26.8 Å². The first-order valence-corrected chi connectivity index (χ1v) is 6.64. The van der Waals surface area contributed by atoms with Crippen molar-refractivity contribution in [3.63, 3.8) is 0 Å². The van der Waals surface area contributed by atoms with Crippen LogP contribution in [0, 0.1) is 11.3 Å². The summed E-state index contributed by atoms with van der Waals surface area (Å²) in [5, 5.41) is 16.0. The van der Waals surface area contributed by atoms with Gasteiger partial charge in [-0.3, -0.25) is 4.79 Å². The fourth-order valence-corrected chi connectivity index (χ4v) is 3.12. The largest absolute Gasteiger partial charge is 0.313 e. The highest BCUT2D eigenvalue weighted by atomic mass is 32.1.